The highest BCUT2D eigenvalue weighted by Crippen LogP contribution is 2.40. The second kappa shape index (κ2) is 8.11. The Morgan fingerprint density at radius 2 is 2.03 bits per heavy atom. The standard InChI is InChI=1S/C22H28N6O/c1-14-15(2)26-21(23)19-20(14)28(13-25-19)11-7-6-10-24-22(29)27-18-12-17(18)16-8-4-3-5-9-16/h3-5,8-9,13,17-18H,6-7,10-12H2,1-2H3,(H2,23,26)(H2,24,27,29)/t17-,18+/m0/s1. The third-order valence-electron chi connectivity index (χ3n) is 5.71. The van der Waals surface area contributed by atoms with Crippen LogP contribution in [0.1, 0.15) is 42.0 Å². The van der Waals surface area contributed by atoms with E-state index < -0.39 is 0 Å². The van der Waals surface area contributed by atoms with Gasteiger partial charge in [0.1, 0.15) is 5.52 Å². The summed E-state index contributed by atoms with van der Waals surface area (Å²) in [4.78, 5) is 20.9. The van der Waals surface area contributed by atoms with Crippen molar-refractivity contribution in [3.63, 3.8) is 0 Å². The third-order valence-corrected chi connectivity index (χ3v) is 5.71. The van der Waals surface area contributed by atoms with E-state index in [9.17, 15) is 4.79 Å². The van der Waals surface area contributed by atoms with Gasteiger partial charge in [-0.2, -0.15) is 0 Å². The Balaban J connectivity index is 1.20. The average molecular weight is 393 g/mol. The molecule has 1 fully saturated rings. The Hall–Kier alpha value is -3.09. The van der Waals surface area contributed by atoms with E-state index in [2.05, 4.69) is 44.2 Å². The van der Waals surface area contributed by atoms with E-state index >= 15 is 0 Å². The fourth-order valence-electron chi connectivity index (χ4n) is 3.87. The highest BCUT2D eigenvalue weighted by atomic mass is 16.2. The van der Waals surface area contributed by atoms with Crippen LogP contribution in [0.3, 0.4) is 0 Å². The lowest BCUT2D eigenvalue weighted by Crippen LogP contribution is -2.37. The van der Waals surface area contributed by atoms with E-state index in [-0.39, 0.29) is 12.1 Å². The zero-order chi connectivity index (χ0) is 20.4. The van der Waals surface area contributed by atoms with Gasteiger partial charge < -0.3 is 20.9 Å². The van der Waals surface area contributed by atoms with Crippen LogP contribution in [-0.4, -0.2) is 33.2 Å². The number of nitrogens with two attached hydrogens (primary N) is 1. The highest BCUT2D eigenvalue weighted by molar-refractivity contribution is 5.88. The first kappa shape index (κ1) is 19.2. The molecule has 2 atom stereocenters. The van der Waals surface area contributed by atoms with E-state index in [0.717, 1.165) is 48.1 Å². The smallest absolute Gasteiger partial charge is 0.315 e. The number of carbonyl (C=O) groups excluding carboxylic acids is 1. The lowest BCUT2D eigenvalue weighted by atomic mass is 10.1. The molecule has 0 aliphatic heterocycles. The first-order valence-electron chi connectivity index (χ1n) is 10.2. The molecule has 7 nitrogen and oxygen atoms in total. The molecule has 4 N–H and O–H groups in total. The Labute approximate surface area is 170 Å². The summed E-state index contributed by atoms with van der Waals surface area (Å²) in [5.41, 5.74) is 11.2. The number of nitrogen functional groups attached to an aromatic ring is 1. The molecule has 7 heteroatoms. The van der Waals surface area contributed by atoms with Crippen LogP contribution in [0.5, 0.6) is 0 Å². The monoisotopic (exact) mass is 392 g/mol. The molecule has 0 spiro atoms. The number of urea groups is 1. The quantitative estimate of drug-likeness (QED) is 0.538. The minimum absolute atomic E-state index is 0.0770. The van der Waals surface area contributed by atoms with Crippen LogP contribution < -0.4 is 16.4 Å². The van der Waals surface area contributed by atoms with E-state index in [4.69, 9.17) is 5.73 Å². The lowest BCUT2D eigenvalue weighted by molar-refractivity contribution is 0.240. The molecule has 0 saturated heterocycles. The van der Waals surface area contributed by atoms with Gasteiger partial charge in [0.15, 0.2) is 5.82 Å². The normalized spacial score (nSPS) is 18.0. The summed E-state index contributed by atoms with van der Waals surface area (Å²) in [5, 5.41) is 6.03. The molecule has 29 heavy (non-hydrogen) atoms. The molecule has 2 aromatic heterocycles. The van der Waals surface area contributed by atoms with E-state index in [1.54, 1.807) is 0 Å². The molecule has 0 radical (unpaired) electrons. The number of pyridine rings is 1. The summed E-state index contributed by atoms with van der Waals surface area (Å²) in [6.45, 7) is 5.51. The van der Waals surface area contributed by atoms with Gasteiger partial charge in [-0.25, -0.2) is 14.8 Å². The van der Waals surface area contributed by atoms with E-state index in [1.807, 2.05) is 31.5 Å². The summed E-state index contributed by atoms with van der Waals surface area (Å²) >= 11 is 0. The van der Waals surface area contributed by atoms with Crippen molar-refractivity contribution in [2.45, 2.75) is 51.6 Å². The maximum Gasteiger partial charge on any atom is 0.315 e. The van der Waals surface area contributed by atoms with Crippen LogP contribution in [-0.2, 0) is 6.54 Å². The van der Waals surface area contributed by atoms with Gasteiger partial charge in [0.05, 0.1) is 11.8 Å². The molecular weight excluding hydrogens is 364 g/mol. The maximum atomic E-state index is 12.1. The Morgan fingerprint density at radius 1 is 1.24 bits per heavy atom. The molecule has 1 saturated carbocycles. The number of rotatable bonds is 7. The number of imidazole rings is 1. The van der Waals surface area contributed by atoms with Crippen LogP contribution in [0.2, 0.25) is 0 Å². The van der Waals surface area contributed by atoms with E-state index in [1.165, 1.54) is 5.56 Å². The van der Waals surface area contributed by atoms with Crippen molar-refractivity contribution in [3.8, 4) is 0 Å². The number of hydrogen-bond acceptors (Lipinski definition) is 4. The van der Waals surface area contributed by atoms with Gasteiger partial charge in [0.2, 0.25) is 0 Å². The topological polar surface area (TPSA) is 97.9 Å². The number of carbonyl (C=O) groups is 1. The van der Waals surface area contributed by atoms with Crippen molar-refractivity contribution in [3.05, 3.63) is 53.5 Å². The molecular formula is C22H28N6O. The molecule has 0 bridgehead atoms. The van der Waals surface area contributed by atoms with Gasteiger partial charge in [0, 0.05) is 30.7 Å². The fraction of sp³-hybridized carbons (Fsp3) is 0.409. The number of aryl methyl sites for hydroxylation is 3. The molecule has 2 amide bonds. The second-order valence-corrected chi connectivity index (χ2v) is 7.81. The summed E-state index contributed by atoms with van der Waals surface area (Å²) in [6.07, 6.45) is 4.69. The van der Waals surface area contributed by atoms with Crippen molar-refractivity contribution in [2.75, 3.05) is 12.3 Å². The number of nitrogens with zero attached hydrogens (tertiary/aromatic N) is 3. The molecule has 152 valence electrons. The zero-order valence-corrected chi connectivity index (χ0v) is 17.0. The number of anilines is 1. The Morgan fingerprint density at radius 3 is 2.83 bits per heavy atom. The SMILES string of the molecule is Cc1nc(N)c2ncn(CCCCNC(=O)N[C@@H]3C[C@H]3c3ccccc3)c2c1C. The van der Waals surface area contributed by atoms with Crippen molar-refractivity contribution in [2.24, 2.45) is 0 Å². The van der Waals surface area contributed by atoms with E-state index in [0.29, 0.717) is 18.3 Å². The van der Waals surface area contributed by atoms with Crippen LogP contribution in [0.15, 0.2) is 36.7 Å². The number of nitrogens with one attached hydrogen (secondary N) is 2. The minimum Gasteiger partial charge on any atom is -0.382 e. The largest absolute Gasteiger partial charge is 0.382 e. The first-order chi connectivity index (χ1) is 14.0. The second-order valence-electron chi connectivity index (χ2n) is 7.81. The predicted octanol–water partition coefficient (Wildman–Crippen LogP) is 3.27. The molecule has 4 rings (SSSR count). The van der Waals surface area contributed by atoms with Crippen molar-refractivity contribution in [1.29, 1.82) is 0 Å². The van der Waals surface area contributed by atoms with Crippen molar-refractivity contribution < 1.29 is 4.79 Å². The number of unbranched alkanes of at least 4 members (excludes halogenated alkanes) is 1. The number of hydrogen-bond donors (Lipinski definition) is 3. The third kappa shape index (κ3) is 4.18. The summed E-state index contributed by atoms with van der Waals surface area (Å²) in [7, 11) is 0. The molecule has 1 aliphatic carbocycles. The van der Waals surface area contributed by atoms with Gasteiger partial charge in [-0.3, -0.25) is 0 Å². The van der Waals surface area contributed by atoms with Crippen LogP contribution in [0, 0.1) is 13.8 Å². The molecule has 1 aromatic carbocycles. The van der Waals surface area contributed by atoms with Crippen LogP contribution in [0.25, 0.3) is 11.0 Å². The van der Waals surface area contributed by atoms with Crippen molar-refractivity contribution >= 4 is 22.9 Å². The number of aromatic nitrogens is 3. The maximum absolute atomic E-state index is 12.1. The Bertz CT molecular complexity index is 1010. The van der Waals surface area contributed by atoms with Gasteiger partial charge in [0.25, 0.3) is 0 Å². The minimum atomic E-state index is -0.0770. The van der Waals surface area contributed by atoms with Gasteiger partial charge in [-0.15, -0.1) is 0 Å². The summed E-state index contributed by atoms with van der Waals surface area (Å²) in [6, 6.07) is 10.5. The molecule has 1 aliphatic rings. The van der Waals surface area contributed by atoms with Crippen LogP contribution in [0.4, 0.5) is 10.6 Å². The average Bonchev–Trinajstić information content (AvgIpc) is 3.34. The highest BCUT2D eigenvalue weighted by Gasteiger charge is 2.39. The molecule has 3 aromatic rings. The first-order valence-corrected chi connectivity index (χ1v) is 10.2. The zero-order valence-electron chi connectivity index (χ0n) is 17.0. The molecule has 0 unspecified atom stereocenters. The Kier molecular flexibility index (Phi) is 5.38. The van der Waals surface area contributed by atoms with Gasteiger partial charge in [-0.1, -0.05) is 30.3 Å². The van der Waals surface area contributed by atoms with Crippen LogP contribution >= 0.6 is 0 Å². The van der Waals surface area contributed by atoms with Crippen molar-refractivity contribution in [1.82, 2.24) is 25.2 Å². The number of benzene rings is 1. The lowest BCUT2D eigenvalue weighted by Gasteiger charge is -2.10. The number of fused-ring (bicyclic) bond motifs is 1. The summed E-state index contributed by atoms with van der Waals surface area (Å²) in [5.74, 6) is 0.930. The van der Waals surface area contributed by atoms with Gasteiger partial charge >= 0.3 is 6.03 Å². The number of amides is 2. The fourth-order valence-corrected chi connectivity index (χ4v) is 3.87. The van der Waals surface area contributed by atoms with Gasteiger partial charge in [-0.05, 0) is 44.2 Å². The summed E-state index contributed by atoms with van der Waals surface area (Å²) < 4.78 is 2.13. The predicted molar refractivity (Wildman–Crippen MR) is 115 cm³/mol. The molecule has 2 heterocycles.